The zero-order valence-corrected chi connectivity index (χ0v) is 14.2. The molecule has 1 amide bonds. The minimum Gasteiger partial charge on any atom is -0.356 e. The molecule has 1 fully saturated rings. The van der Waals surface area contributed by atoms with Gasteiger partial charge in [0.15, 0.2) is 0 Å². The van der Waals surface area contributed by atoms with Crippen LogP contribution in [0.25, 0.3) is 0 Å². The topological polar surface area (TPSA) is 55.1 Å². The Hall–Kier alpha value is -0.220. The van der Waals surface area contributed by atoms with E-state index in [1.165, 1.54) is 24.3 Å². The summed E-state index contributed by atoms with van der Waals surface area (Å²) in [6.45, 7) is 8.31. The molecule has 20 heavy (non-hydrogen) atoms. The van der Waals surface area contributed by atoms with E-state index >= 15 is 0 Å². The van der Waals surface area contributed by atoms with Crippen LogP contribution in [0.15, 0.2) is 0 Å². The van der Waals surface area contributed by atoms with Gasteiger partial charge in [0.1, 0.15) is 0 Å². The maximum Gasteiger partial charge on any atom is 0.220 e. The van der Waals surface area contributed by atoms with Gasteiger partial charge in [-0.05, 0) is 61.0 Å². The first-order chi connectivity index (χ1) is 9.43. The Morgan fingerprint density at radius 3 is 2.50 bits per heavy atom. The van der Waals surface area contributed by atoms with Gasteiger partial charge in [0.05, 0.1) is 0 Å². The van der Waals surface area contributed by atoms with Crippen molar-refractivity contribution in [1.29, 1.82) is 0 Å². The lowest BCUT2D eigenvalue weighted by Crippen LogP contribution is -2.32. The van der Waals surface area contributed by atoms with Gasteiger partial charge in [-0.3, -0.25) is 4.79 Å². The molecule has 0 aromatic carbocycles. The van der Waals surface area contributed by atoms with E-state index in [1.807, 2.05) is 11.8 Å². The highest BCUT2D eigenvalue weighted by atomic mass is 32.2. The molecule has 1 aliphatic heterocycles. The van der Waals surface area contributed by atoms with Crippen LogP contribution < -0.4 is 11.1 Å². The molecule has 1 rings (SSSR count). The summed E-state index contributed by atoms with van der Waals surface area (Å²) in [5, 5.41) is 3.12. The van der Waals surface area contributed by atoms with E-state index in [0.29, 0.717) is 24.8 Å². The minimum atomic E-state index is 0.217. The molecule has 4 heteroatoms. The van der Waals surface area contributed by atoms with Gasteiger partial charge < -0.3 is 11.1 Å². The van der Waals surface area contributed by atoms with Gasteiger partial charge in [-0.2, -0.15) is 11.8 Å². The zero-order chi connectivity index (χ0) is 15.0. The molecular weight excluding hydrogens is 268 g/mol. The molecule has 1 heterocycles. The van der Waals surface area contributed by atoms with E-state index in [-0.39, 0.29) is 11.3 Å². The summed E-state index contributed by atoms with van der Waals surface area (Å²) >= 11 is 2.03. The van der Waals surface area contributed by atoms with Gasteiger partial charge in [-0.15, -0.1) is 0 Å². The SMILES string of the molecule is CC(C)(C)C(CCN)CCC(=O)NCC1CCSCC1. The Morgan fingerprint density at radius 2 is 1.95 bits per heavy atom. The van der Waals surface area contributed by atoms with Crippen LogP contribution in [0, 0.1) is 17.3 Å². The summed E-state index contributed by atoms with van der Waals surface area (Å²) in [4.78, 5) is 12.0. The molecule has 118 valence electrons. The Balaban J connectivity index is 2.23. The van der Waals surface area contributed by atoms with Gasteiger partial charge in [0, 0.05) is 13.0 Å². The molecule has 0 saturated carbocycles. The number of nitrogens with two attached hydrogens (primary N) is 1. The standard InChI is InChI=1S/C16H32N2OS/c1-16(2,3)14(6-9-17)4-5-15(19)18-12-13-7-10-20-11-8-13/h13-14H,4-12,17H2,1-3H3,(H,18,19). The van der Waals surface area contributed by atoms with E-state index in [2.05, 4.69) is 26.1 Å². The third-order valence-electron chi connectivity index (χ3n) is 4.39. The molecule has 0 radical (unpaired) electrons. The summed E-state index contributed by atoms with van der Waals surface area (Å²) < 4.78 is 0. The van der Waals surface area contributed by atoms with E-state index in [4.69, 9.17) is 5.73 Å². The van der Waals surface area contributed by atoms with Crippen molar-refractivity contribution in [2.75, 3.05) is 24.6 Å². The second-order valence-electron chi connectivity index (χ2n) is 7.04. The molecule has 1 aliphatic rings. The van der Waals surface area contributed by atoms with Crippen LogP contribution in [0.1, 0.15) is 52.9 Å². The van der Waals surface area contributed by atoms with E-state index in [1.54, 1.807) is 0 Å². The lowest BCUT2D eigenvalue weighted by Gasteiger charge is -2.30. The quantitative estimate of drug-likeness (QED) is 0.760. The van der Waals surface area contributed by atoms with Gasteiger partial charge in [0.2, 0.25) is 5.91 Å². The fourth-order valence-corrected chi connectivity index (χ4v) is 4.02. The molecule has 0 spiro atoms. The van der Waals surface area contributed by atoms with E-state index in [9.17, 15) is 4.79 Å². The average Bonchev–Trinajstić information content (AvgIpc) is 2.41. The predicted octanol–water partition coefficient (Wildman–Crippen LogP) is 3.04. The van der Waals surface area contributed by atoms with Crippen molar-refractivity contribution < 1.29 is 4.79 Å². The van der Waals surface area contributed by atoms with Crippen molar-refractivity contribution >= 4 is 17.7 Å². The number of amides is 1. The maximum absolute atomic E-state index is 12.0. The summed E-state index contributed by atoms with van der Waals surface area (Å²) in [5.74, 6) is 3.95. The van der Waals surface area contributed by atoms with Crippen LogP contribution in [-0.4, -0.2) is 30.5 Å². The minimum absolute atomic E-state index is 0.217. The first-order valence-corrected chi connectivity index (χ1v) is 9.13. The van der Waals surface area contributed by atoms with E-state index in [0.717, 1.165) is 19.4 Å². The van der Waals surface area contributed by atoms with Crippen LogP contribution in [0.3, 0.4) is 0 Å². The smallest absolute Gasteiger partial charge is 0.220 e. The van der Waals surface area contributed by atoms with Crippen LogP contribution >= 0.6 is 11.8 Å². The molecule has 1 atom stereocenters. The summed E-state index contributed by atoms with van der Waals surface area (Å²) in [5.41, 5.74) is 5.92. The monoisotopic (exact) mass is 300 g/mol. The van der Waals surface area contributed by atoms with Gasteiger partial charge >= 0.3 is 0 Å². The van der Waals surface area contributed by atoms with Crippen LogP contribution in [0.5, 0.6) is 0 Å². The largest absolute Gasteiger partial charge is 0.356 e. The fraction of sp³-hybridized carbons (Fsp3) is 0.938. The molecule has 0 aromatic rings. The van der Waals surface area contributed by atoms with Crippen LogP contribution in [-0.2, 0) is 4.79 Å². The third kappa shape index (κ3) is 6.98. The van der Waals surface area contributed by atoms with Gasteiger partial charge in [-0.1, -0.05) is 20.8 Å². The highest BCUT2D eigenvalue weighted by Crippen LogP contribution is 2.32. The molecule has 1 unspecified atom stereocenters. The lowest BCUT2D eigenvalue weighted by atomic mass is 9.76. The zero-order valence-electron chi connectivity index (χ0n) is 13.4. The molecule has 0 aliphatic carbocycles. The van der Waals surface area contributed by atoms with Crippen LogP contribution in [0.4, 0.5) is 0 Å². The number of thioether (sulfide) groups is 1. The highest BCUT2D eigenvalue weighted by molar-refractivity contribution is 7.99. The molecule has 3 N–H and O–H groups in total. The Labute approximate surface area is 128 Å². The van der Waals surface area contributed by atoms with Crippen LogP contribution in [0.2, 0.25) is 0 Å². The molecule has 3 nitrogen and oxygen atoms in total. The molecular formula is C16H32N2OS. The molecule has 0 bridgehead atoms. The second kappa shape index (κ2) is 8.93. The summed E-state index contributed by atoms with van der Waals surface area (Å²) in [6.07, 6.45) is 5.11. The fourth-order valence-electron chi connectivity index (χ4n) is 2.81. The van der Waals surface area contributed by atoms with Crippen molar-refractivity contribution in [2.45, 2.75) is 52.9 Å². The van der Waals surface area contributed by atoms with Crippen molar-refractivity contribution in [1.82, 2.24) is 5.32 Å². The Morgan fingerprint density at radius 1 is 1.30 bits per heavy atom. The number of nitrogens with one attached hydrogen (secondary N) is 1. The van der Waals surface area contributed by atoms with E-state index < -0.39 is 0 Å². The van der Waals surface area contributed by atoms with Crippen molar-refractivity contribution in [3.63, 3.8) is 0 Å². The van der Waals surface area contributed by atoms with Crippen molar-refractivity contribution in [3.05, 3.63) is 0 Å². The van der Waals surface area contributed by atoms with Crippen molar-refractivity contribution in [2.24, 2.45) is 23.0 Å². The lowest BCUT2D eigenvalue weighted by molar-refractivity contribution is -0.121. The predicted molar refractivity (Wildman–Crippen MR) is 88.9 cm³/mol. The number of carbonyl (C=O) groups is 1. The first kappa shape index (κ1) is 17.8. The normalized spacial score (nSPS) is 18.8. The highest BCUT2D eigenvalue weighted by Gasteiger charge is 2.24. The number of carbonyl (C=O) groups excluding carboxylic acids is 1. The second-order valence-corrected chi connectivity index (χ2v) is 8.26. The first-order valence-electron chi connectivity index (χ1n) is 7.98. The van der Waals surface area contributed by atoms with Gasteiger partial charge in [0.25, 0.3) is 0 Å². The van der Waals surface area contributed by atoms with Gasteiger partial charge in [-0.25, -0.2) is 0 Å². The average molecular weight is 301 g/mol. The number of rotatable bonds is 7. The Kier molecular flexibility index (Phi) is 7.96. The number of hydrogen-bond donors (Lipinski definition) is 2. The molecule has 0 aromatic heterocycles. The third-order valence-corrected chi connectivity index (χ3v) is 5.44. The summed E-state index contributed by atoms with van der Waals surface area (Å²) in [7, 11) is 0. The molecule has 1 saturated heterocycles. The maximum atomic E-state index is 12.0. The van der Waals surface area contributed by atoms with Crippen molar-refractivity contribution in [3.8, 4) is 0 Å². The Bertz CT molecular complexity index is 283. The summed E-state index contributed by atoms with van der Waals surface area (Å²) in [6, 6.07) is 0. The number of hydrogen-bond acceptors (Lipinski definition) is 3.